The van der Waals surface area contributed by atoms with Crippen molar-refractivity contribution in [2.24, 2.45) is 5.73 Å². The molecule has 0 saturated heterocycles. The molecule has 2 aromatic rings. The number of nitrogens with two attached hydrogens (primary N) is 2. The zero-order chi connectivity index (χ0) is 14.5. The third-order valence-corrected chi connectivity index (χ3v) is 2.76. The number of nitrogens with zero attached hydrogens (tertiary/aromatic N) is 1. The monoisotopic (exact) mass is 273 g/mol. The number of benzene rings is 1. The number of ether oxygens (including phenoxy) is 1. The van der Waals surface area contributed by atoms with E-state index in [9.17, 15) is 9.59 Å². The van der Waals surface area contributed by atoms with E-state index in [1.807, 2.05) is 0 Å². The minimum Gasteiger partial charge on any atom is -0.491 e. The summed E-state index contributed by atoms with van der Waals surface area (Å²) in [6, 6.07) is 9.58. The smallest absolute Gasteiger partial charge is 0.252 e. The molecule has 0 aliphatic heterocycles. The van der Waals surface area contributed by atoms with Crippen molar-refractivity contribution < 1.29 is 9.53 Å². The van der Waals surface area contributed by atoms with Gasteiger partial charge in [-0.15, -0.1) is 0 Å². The fourth-order valence-corrected chi connectivity index (χ4v) is 1.77. The Morgan fingerprint density at radius 2 is 2.05 bits per heavy atom. The molecule has 0 unspecified atom stereocenters. The van der Waals surface area contributed by atoms with Gasteiger partial charge in [0, 0.05) is 18.0 Å². The first-order chi connectivity index (χ1) is 9.58. The van der Waals surface area contributed by atoms with Gasteiger partial charge in [0.2, 0.25) is 0 Å². The molecule has 104 valence electrons. The summed E-state index contributed by atoms with van der Waals surface area (Å²) in [6.45, 7) is 0.621. The van der Waals surface area contributed by atoms with Crippen molar-refractivity contribution in [3.63, 3.8) is 0 Å². The van der Waals surface area contributed by atoms with Gasteiger partial charge in [-0.25, -0.2) is 0 Å². The molecule has 4 N–H and O–H groups in total. The van der Waals surface area contributed by atoms with Crippen LogP contribution in [0.1, 0.15) is 10.4 Å². The SMILES string of the molecule is NC(=O)c1cc(N)ccc1OCCn1ccccc1=O. The number of primary amides is 1. The molecule has 0 atom stereocenters. The highest BCUT2D eigenvalue weighted by molar-refractivity contribution is 5.96. The number of carbonyl (C=O) groups excluding carboxylic acids is 1. The van der Waals surface area contributed by atoms with Crippen molar-refractivity contribution in [1.29, 1.82) is 0 Å². The molecule has 0 aliphatic carbocycles. The molecule has 1 amide bonds. The molecule has 20 heavy (non-hydrogen) atoms. The molecule has 6 nitrogen and oxygen atoms in total. The molecule has 1 heterocycles. The van der Waals surface area contributed by atoms with Crippen LogP contribution in [-0.4, -0.2) is 17.1 Å². The second-order valence-electron chi connectivity index (χ2n) is 4.20. The lowest BCUT2D eigenvalue weighted by molar-refractivity contribution is 0.0996. The van der Waals surface area contributed by atoms with E-state index in [-0.39, 0.29) is 17.7 Å². The van der Waals surface area contributed by atoms with Gasteiger partial charge in [0.15, 0.2) is 0 Å². The Morgan fingerprint density at radius 3 is 2.75 bits per heavy atom. The fourth-order valence-electron chi connectivity index (χ4n) is 1.77. The second kappa shape index (κ2) is 5.92. The van der Waals surface area contributed by atoms with Crippen LogP contribution in [0, 0.1) is 0 Å². The zero-order valence-electron chi connectivity index (χ0n) is 10.8. The third-order valence-electron chi connectivity index (χ3n) is 2.76. The van der Waals surface area contributed by atoms with Crippen LogP contribution < -0.4 is 21.8 Å². The lowest BCUT2D eigenvalue weighted by atomic mass is 10.1. The fraction of sp³-hybridized carbons (Fsp3) is 0.143. The maximum Gasteiger partial charge on any atom is 0.252 e. The van der Waals surface area contributed by atoms with E-state index >= 15 is 0 Å². The molecular weight excluding hydrogens is 258 g/mol. The number of aromatic nitrogens is 1. The van der Waals surface area contributed by atoms with E-state index < -0.39 is 5.91 Å². The van der Waals surface area contributed by atoms with Gasteiger partial charge in [0.25, 0.3) is 11.5 Å². The van der Waals surface area contributed by atoms with Crippen molar-refractivity contribution in [2.75, 3.05) is 12.3 Å². The van der Waals surface area contributed by atoms with E-state index in [1.54, 1.807) is 30.5 Å². The van der Waals surface area contributed by atoms with E-state index in [1.165, 1.54) is 16.7 Å². The molecule has 0 spiro atoms. The Kier molecular flexibility index (Phi) is 4.05. The molecule has 0 bridgehead atoms. The Morgan fingerprint density at radius 1 is 1.25 bits per heavy atom. The average Bonchev–Trinajstić information content (AvgIpc) is 2.42. The van der Waals surface area contributed by atoms with E-state index in [2.05, 4.69) is 0 Å². The summed E-state index contributed by atoms with van der Waals surface area (Å²) in [5.41, 5.74) is 11.4. The lowest BCUT2D eigenvalue weighted by Gasteiger charge is -2.11. The number of rotatable bonds is 5. The molecule has 0 aliphatic rings. The number of amides is 1. The summed E-state index contributed by atoms with van der Waals surface area (Å²) < 4.78 is 7.01. The zero-order valence-corrected chi connectivity index (χ0v) is 10.8. The molecule has 2 rings (SSSR count). The first-order valence-electron chi connectivity index (χ1n) is 6.05. The van der Waals surface area contributed by atoms with E-state index in [0.717, 1.165) is 0 Å². The first-order valence-corrected chi connectivity index (χ1v) is 6.05. The Hall–Kier alpha value is -2.76. The topological polar surface area (TPSA) is 100 Å². The quantitative estimate of drug-likeness (QED) is 0.779. The first kappa shape index (κ1) is 13.7. The lowest BCUT2D eigenvalue weighted by Crippen LogP contribution is -2.22. The minimum absolute atomic E-state index is 0.108. The van der Waals surface area contributed by atoms with Gasteiger partial charge >= 0.3 is 0 Å². The highest BCUT2D eigenvalue weighted by atomic mass is 16.5. The maximum atomic E-state index is 11.5. The molecule has 1 aromatic heterocycles. The maximum absolute atomic E-state index is 11.5. The van der Waals surface area contributed by atoms with Gasteiger partial charge in [0.05, 0.1) is 12.1 Å². The van der Waals surface area contributed by atoms with Gasteiger partial charge < -0.3 is 20.8 Å². The van der Waals surface area contributed by atoms with Crippen LogP contribution >= 0.6 is 0 Å². The standard InChI is InChI=1S/C14H15N3O3/c15-10-4-5-12(11(9-10)14(16)19)20-8-7-17-6-2-1-3-13(17)18/h1-6,9H,7-8,15H2,(H2,16,19). The summed E-state index contributed by atoms with van der Waals surface area (Å²) in [5, 5.41) is 0. The van der Waals surface area contributed by atoms with Crippen molar-refractivity contribution in [3.8, 4) is 5.75 Å². The summed E-state index contributed by atoms with van der Waals surface area (Å²) in [5.74, 6) is -0.250. The van der Waals surface area contributed by atoms with Crippen molar-refractivity contribution in [3.05, 3.63) is 58.5 Å². The van der Waals surface area contributed by atoms with Crippen molar-refractivity contribution >= 4 is 11.6 Å². The third kappa shape index (κ3) is 3.17. The van der Waals surface area contributed by atoms with Gasteiger partial charge in [-0.2, -0.15) is 0 Å². The molecular formula is C14H15N3O3. The van der Waals surface area contributed by atoms with Gasteiger partial charge in [0.1, 0.15) is 12.4 Å². The molecule has 0 saturated carbocycles. The van der Waals surface area contributed by atoms with Gasteiger partial charge in [-0.1, -0.05) is 6.07 Å². The van der Waals surface area contributed by atoms with Crippen LogP contribution in [0.5, 0.6) is 5.75 Å². The number of anilines is 1. The van der Waals surface area contributed by atoms with Crippen molar-refractivity contribution in [1.82, 2.24) is 4.57 Å². The molecule has 1 aromatic carbocycles. The van der Waals surface area contributed by atoms with Crippen LogP contribution in [-0.2, 0) is 6.54 Å². The Labute approximate surface area is 115 Å². The Balaban J connectivity index is 2.07. The molecule has 0 fully saturated rings. The van der Waals surface area contributed by atoms with Crippen LogP contribution in [0.3, 0.4) is 0 Å². The van der Waals surface area contributed by atoms with Gasteiger partial charge in [-0.3, -0.25) is 9.59 Å². The van der Waals surface area contributed by atoms with E-state index in [0.29, 0.717) is 18.0 Å². The van der Waals surface area contributed by atoms with Crippen molar-refractivity contribution in [2.45, 2.75) is 6.54 Å². The summed E-state index contributed by atoms with van der Waals surface area (Å²) >= 11 is 0. The van der Waals surface area contributed by atoms with E-state index in [4.69, 9.17) is 16.2 Å². The number of nitrogen functional groups attached to an aromatic ring is 1. The summed E-state index contributed by atoms with van der Waals surface area (Å²) in [6.07, 6.45) is 1.67. The average molecular weight is 273 g/mol. The van der Waals surface area contributed by atoms with Gasteiger partial charge in [-0.05, 0) is 24.3 Å². The number of pyridine rings is 1. The van der Waals surface area contributed by atoms with Crippen LogP contribution in [0.2, 0.25) is 0 Å². The largest absolute Gasteiger partial charge is 0.491 e. The molecule has 0 radical (unpaired) electrons. The summed E-state index contributed by atoms with van der Waals surface area (Å²) in [7, 11) is 0. The summed E-state index contributed by atoms with van der Waals surface area (Å²) in [4.78, 5) is 22.8. The van der Waals surface area contributed by atoms with Crippen LogP contribution in [0.25, 0.3) is 0 Å². The highest BCUT2D eigenvalue weighted by Crippen LogP contribution is 2.20. The number of carbonyl (C=O) groups is 1. The normalized spacial score (nSPS) is 10.2. The number of hydrogen-bond donors (Lipinski definition) is 2. The highest BCUT2D eigenvalue weighted by Gasteiger charge is 2.09. The second-order valence-corrected chi connectivity index (χ2v) is 4.20. The predicted molar refractivity (Wildman–Crippen MR) is 75.6 cm³/mol. The Bertz CT molecular complexity index is 679. The van der Waals surface area contributed by atoms with Crippen LogP contribution in [0.4, 0.5) is 5.69 Å². The predicted octanol–water partition coefficient (Wildman–Crippen LogP) is 0.608. The van der Waals surface area contributed by atoms with Crippen LogP contribution in [0.15, 0.2) is 47.4 Å². The molecule has 6 heteroatoms. The minimum atomic E-state index is -0.607. The number of hydrogen-bond acceptors (Lipinski definition) is 4.